The lowest BCUT2D eigenvalue weighted by molar-refractivity contribution is 0.599. The van der Waals surface area contributed by atoms with E-state index < -0.39 is 10.0 Å². The minimum absolute atomic E-state index is 0.291. The van der Waals surface area contributed by atoms with E-state index in [1.54, 1.807) is 12.1 Å². The molecule has 0 bridgehead atoms. The van der Waals surface area contributed by atoms with Crippen LogP contribution in [0.5, 0.6) is 0 Å². The first kappa shape index (κ1) is 13.4. The summed E-state index contributed by atoms with van der Waals surface area (Å²) in [5, 5.41) is 0.975. The van der Waals surface area contributed by atoms with E-state index in [4.69, 9.17) is 0 Å². The molecule has 2 aromatic carbocycles. The molecule has 0 saturated carbocycles. The third kappa shape index (κ3) is 3.23. The van der Waals surface area contributed by atoms with Gasteiger partial charge in [0, 0.05) is 5.41 Å². The fraction of sp³-hybridized carbons (Fsp3) is 0.0667. The van der Waals surface area contributed by atoms with Crippen molar-refractivity contribution in [2.24, 2.45) is 0 Å². The fourth-order valence-electron chi connectivity index (χ4n) is 1.76. The summed E-state index contributed by atoms with van der Waals surface area (Å²) in [4.78, 5) is 0. The van der Waals surface area contributed by atoms with Crippen LogP contribution >= 0.6 is 0 Å². The van der Waals surface area contributed by atoms with Gasteiger partial charge in [0.05, 0.1) is 12.2 Å². The van der Waals surface area contributed by atoms with E-state index in [0.29, 0.717) is 12.2 Å². The molecule has 2 rings (SSSR count). The van der Waals surface area contributed by atoms with Crippen LogP contribution in [0.15, 0.2) is 72.7 Å². The lowest BCUT2D eigenvalue weighted by Crippen LogP contribution is -2.28. The number of benzene rings is 2. The maximum absolute atomic E-state index is 12.1. The van der Waals surface area contributed by atoms with Gasteiger partial charge in [0.1, 0.15) is 0 Å². The van der Waals surface area contributed by atoms with Gasteiger partial charge in [-0.2, -0.15) is 0 Å². The van der Waals surface area contributed by atoms with Gasteiger partial charge in [0.25, 0.3) is 10.0 Å². The molecule has 0 aromatic heterocycles. The molecule has 0 aliphatic heterocycles. The fourth-order valence-corrected chi connectivity index (χ4v) is 2.69. The summed E-state index contributed by atoms with van der Waals surface area (Å²) in [7, 11) is -3.51. The number of nitrogens with zero attached hydrogens (tertiary/aromatic N) is 1. The van der Waals surface area contributed by atoms with Gasteiger partial charge in [-0.3, -0.25) is 4.31 Å². The third-order valence-corrected chi connectivity index (χ3v) is 4.11. The molecule has 0 unspecified atom stereocenters. The second kappa shape index (κ2) is 5.71. The highest BCUT2D eigenvalue weighted by Crippen LogP contribution is 2.21. The van der Waals surface area contributed by atoms with Crippen LogP contribution in [-0.4, -0.2) is 8.42 Å². The summed E-state index contributed by atoms with van der Waals surface area (Å²) in [6.45, 7) is 3.68. The van der Waals surface area contributed by atoms with Gasteiger partial charge < -0.3 is 0 Å². The first-order chi connectivity index (χ1) is 9.13. The zero-order chi connectivity index (χ0) is 13.7. The molecule has 3 nitrogen and oxygen atoms in total. The van der Waals surface area contributed by atoms with Crippen LogP contribution in [0.25, 0.3) is 0 Å². The normalized spacial score (nSPS) is 10.9. The van der Waals surface area contributed by atoms with E-state index >= 15 is 0 Å². The van der Waals surface area contributed by atoms with Crippen molar-refractivity contribution in [3.05, 3.63) is 78.2 Å². The molecule has 0 saturated heterocycles. The van der Waals surface area contributed by atoms with E-state index in [1.807, 2.05) is 48.5 Å². The molecule has 0 aliphatic rings. The molecular weight excluding hydrogens is 258 g/mol. The molecule has 0 radical (unpaired) electrons. The Kier molecular flexibility index (Phi) is 4.02. The van der Waals surface area contributed by atoms with Crippen molar-refractivity contribution in [3.8, 4) is 0 Å². The zero-order valence-corrected chi connectivity index (χ0v) is 11.3. The second-order valence-corrected chi connectivity index (χ2v) is 5.84. The molecule has 2 aromatic rings. The number of hydrogen-bond donors (Lipinski definition) is 0. The largest absolute Gasteiger partial charge is 0.262 e. The van der Waals surface area contributed by atoms with Crippen molar-refractivity contribution in [1.29, 1.82) is 0 Å². The molecule has 19 heavy (non-hydrogen) atoms. The second-order valence-electron chi connectivity index (χ2n) is 4.04. The molecular formula is C15H15NO2S. The molecule has 0 heterocycles. The van der Waals surface area contributed by atoms with Crippen molar-refractivity contribution >= 4 is 15.7 Å². The summed E-state index contributed by atoms with van der Waals surface area (Å²) in [5.74, 6) is 0. The molecule has 0 aliphatic carbocycles. The van der Waals surface area contributed by atoms with Gasteiger partial charge in [-0.15, -0.1) is 0 Å². The standard InChI is InChI=1S/C15H15NO2S/c1-2-19(17,18)16(15-11-7-4-8-12-15)13-14-9-5-3-6-10-14/h2-12H,1,13H2. The number of rotatable bonds is 5. The molecule has 0 atom stereocenters. The van der Waals surface area contributed by atoms with Crippen LogP contribution in [0.1, 0.15) is 5.56 Å². The van der Waals surface area contributed by atoms with E-state index in [9.17, 15) is 8.42 Å². The maximum atomic E-state index is 12.1. The van der Waals surface area contributed by atoms with Crippen molar-refractivity contribution in [2.45, 2.75) is 6.54 Å². The Balaban J connectivity index is 2.39. The van der Waals surface area contributed by atoms with Crippen LogP contribution in [0.2, 0.25) is 0 Å². The highest BCUT2D eigenvalue weighted by Gasteiger charge is 2.19. The molecule has 0 fully saturated rings. The Hall–Kier alpha value is -2.07. The van der Waals surface area contributed by atoms with Crippen LogP contribution in [-0.2, 0) is 16.6 Å². The Morgan fingerprint density at radius 1 is 0.947 bits per heavy atom. The molecule has 4 heteroatoms. The topological polar surface area (TPSA) is 37.4 Å². The van der Waals surface area contributed by atoms with E-state index in [0.717, 1.165) is 11.0 Å². The smallest absolute Gasteiger partial charge is 0.257 e. The van der Waals surface area contributed by atoms with Gasteiger partial charge in [0.2, 0.25) is 0 Å². The van der Waals surface area contributed by atoms with Crippen molar-refractivity contribution in [2.75, 3.05) is 4.31 Å². The van der Waals surface area contributed by atoms with Crippen molar-refractivity contribution in [1.82, 2.24) is 0 Å². The summed E-state index contributed by atoms with van der Waals surface area (Å²) in [6, 6.07) is 18.5. The van der Waals surface area contributed by atoms with Crippen LogP contribution in [0.4, 0.5) is 5.69 Å². The van der Waals surface area contributed by atoms with Crippen molar-refractivity contribution < 1.29 is 8.42 Å². The Morgan fingerprint density at radius 3 is 2.00 bits per heavy atom. The van der Waals surface area contributed by atoms with Crippen LogP contribution < -0.4 is 4.31 Å². The Morgan fingerprint density at radius 2 is 1.47 bits per heavy atom. The summed E-state index contributed by atoms with van der Waals surface area (Å²) < 4.78 is 25.6. The van der Waals surface area contributed by atoms with Gasteiger partial charge in [-0.05, 0) is 17.7 Å². The van der Waals surface area contributed by atoms with Gasteiger partial charge in [-0.1, -0.05) is 55.1 Å². The quantitative estimate of drug-likeness (QED) is 0.839. The number of anilines is 1. The van der Waals surface area contributed by atoms with Crippen LogP contribution in [0.3, 0.4) is 0 Å². The average molecular weight is 273 g/mol. The lowest BCUT2D eigenvalue weighted by atomic mass is 10.2. The SMILES string of the molecule is C=CS(=O)(=O)N(Cc1ccccc1)c1ccccc1. The number of hydrogen-bond acceptors (Lipinski definition) is 2. The predicted octanol–water partition coefficient (Wildman–Crippen LogP) is 3.17. The first-order valence-electron chi connectivity index (χ1n) is 5.87. The first-order valence-corrected chi connectivity index (χ1v) is 7.38. The predicted molar refractivity (Wildman–Crippen MR) is 78.2 cm³/mol. The molecule has 98 valence electrons. The van der Waals surface area contributed by atoms with Gasteiger partial charge in [0.15, 0.2) is 0 Å². The Labute approximate surface area is 113 Å². The van der Waals surface area contributed by atoms with Gasteiger partial charge in [-0.25, -0.2) is 8.42 Å². The highest BCUT2D eigenvalue weighted by molar-refractivity contribution is 7.95. The van der Waals surface area contributed by atoms with E-state index in [2.05, 4.69) is 6.58 Å². The van der Waals surface area contributed by atoms with E-state index in [1.165, 1.54) is 4.31 Å². The summed E-state index contributed by atoms with van der Waals surface area (Å²) >= 11 is 0. The minimum atomic E-state index is -3.51. The number of sulfonamides is 1. The highest BCUT2D eigenvalue weighted by atomic mass is 32.2. The minimum Gasteiger partial charge on any atom is -0.262 e. The summed E-state index contributed by atoms with van der Waals surface area (Å²) in [6.07, 6.45) is 0. The monoisotopic (exact) mass is 273 g/mol. The van der Waals surface area contributed by atoms with Gasteiger partial charge >= 0.3 is 0 Å². The Bertz CT molecular complexity index is 636. The van der Waals surface area contributed by atoms with Crippen LogP contribution in [0, 0.1) is 0 Å². The average Bonchev–Trinajstić information content (AvgIpc) is 2.46. The number of para-hydroxylation sites is 1. The van der Waals surface area contributed by atoms with E-state index in [-0.39, 0.29) is 0 Å². The molecule has 0 spiro atoms. The molecule has 0 amide bonds. The maximum Gasteiger partial charge on any atom is 0.257 e. The third-order valence-electron chi connectivity index (χ3n) is 2.73. The summed E-state index contributed by atoms with van der Waals surface area (Å²) in [5.41, 5.74) is 1.56. The lowest BCUT2D eigenvalue weighted by Gasteiger charge is -2.22. The van der Waals surface area contributed by atoms with Crippen molar-refractivity contribution in [3.63, 3.8) is 0 Å². The zero-order valence-electron chi connectivity index (χ0n) is 10.4. The molecule has 0 N–H and O–H groups in total.